The molecule has 1 N–H and O–H groups in total. The smallest absolute Gasteiger partial charge is 0.261 e. The maximum absolute atomic E-state index is 12.7. The van der Waals surface area contributed by atoms with E-state index in [4.69, 9.17) is 0 Å². The molecule has 1 amide bonds. The van der Waals surface area contributed by atoms with E-state index < -0.39 is 10.0 Å². The van der Waals surface area contributed by atoms with Gasteiger partial charge in [-0.05, 0) is 61.2 Å². The molecule has 0 saturated carbocycles. The van der Waals surface area contributed by atoms with E-state index in [0.29, 0.717) is 25.1 Å². The molecule has 0 aromatic heterocycles. The number of carbonyl (C=O) groups excluding carboxylic acids is 1. The summed E-state index contributed by atoms with van der Waals surface area (Å²) in [6.07, 6.45) is 1.11. The van der Waals surface area contributed by atoms with Crippen LogP contribution in [0.5, 0.6) is 0 Å². The van der Waals surface area contributed by atoms with Gasteiger partial charge in [-0.15, -0.1) is 0 Å². The zero-order valence-electron chi connectivity index (χ0n) is 14.7. The predicted octanol–water partition coefficient (Wildman–Crippen LogP) is 3.40. The number of fused-ring (bicyclic) bond motifs is 1. The fourth-order valence-corrected chi connectivity index (χ4v) is 4.23. The van der Waals surface area contributed by atoms with Gasteiger partial charge in [0.2, 0.25) is 5.91 Å². The van der Waals surface area contributed by atoms with Crippen molar-refractivity contribution in [2.75, 3.05) is 16.2 Å². The highest BCUT2D eigenvalue weighted by Gasteiger charge is 2.26. The molecule has 25 heavy (non-hydrogen) atoms. The summed E-state index contributed by atoms with van der Waals surface area (Å²) in [5.41, 5.74) is 4.24. The van der Waals surface area contributed by atoms with E-state index in [1.54, 1.807) is 29.2 Å². The molecule has 0 atom stereocenters. The van der Waals surface area contributed by atoms with Crippen LogP contribution in [-0.4, -0.2) is 20.9 Å². The zero-order chi connectivity index (χ0) is 18.2. The van der Waals surface area contributed by atoms with Crippen LogP contribution < -0.4 is 9.62 Å². The lowest BCUT2D eigenvalue weighted by atomic mass is 10.1. The van der Waals surface area contributed by atoms with Gasteiger partial charge in [-0.25, -0.2) is 8.42 Å². The number of sulfonamides is 1. The highest BCUT2D eigenvalue weighted by molar-refractivity contribution is 7.92. The fourth-order valence-electron chi connectivity index (χ4n) is 3.06. The number of anilines is 2. The van der Waals surface area contributed by atoms with Crippen molar-refractivity contribution in [2.24, 2.45) is 0 Å². The maximum Gasteiger partial charge on any atom is 0.261 e. The van der Waals surface area contributed by atoms with Crippen LogP contribution in [0.2, 0.25) is 0 Å². The third-order valence-corrected chi connectivity index (χ3v) is 6.07. The van der Waals surface area contributed by atoms with Gasteiger partial charge in [-0.3, -0.25) is 9.52 Å². The van der Waals surface area contributed by atoms with Crippen molar-refractivity contribution in [3.05, 3.63) is 53.1 Å². The molecule has 1 aliphatic heterocycles. The Labute approximate surface area is 148 Å². The van der Waals surface area contributed by atoms with Crippen molar-refractivity contribution in [3.63, 3.8) is 0 Å². The molecule has 3 rings (SSSR count). The van der Waals surface area contributed by atoms with E-state index in [1.165, 1.54) is 0 Å². The molecule has 132 valence electrons. The van der Waals surface area contributed by atoms with Crippen LogP contribution in [0.3, 0.4) is 0 Å². The molecule has 0 radical (unpaired) electrons. The molecule has 1 heterocycles. The molecular formula is C19H22N2O3S. The Hall–Kier alpha value is -2.34. The number of carbonyl (C=O) groups is 1. The van der Waals surface area contributed by atoms with Crippen LogP contribution in [-0.2, 0) is 21.2 Å². The molecule has 2 aromatic carbocycles. The van der Waals surface area contributed by atoms with Crippen LogP contribution in [0.25, 0.3) is 0 Å². The number of benzene rings is 2. The first-order chi connectivity index (χ1) is 11.8. The first-order valence-corrected chi connectivity index (χ1v) is 9.84. The molecule has 0 spiro atoms. The standard InChI is InChI=1S/C19H22N2O3S/c1-4-19(22)21-11-10-15-12-16(8-9-18(15)21)25(23,24)20-17-7-5-6-13(2)14(17)3/h5-9,12,20H,4,10-11H2,1-3H3. The van der Waals surface area contributed by atoms with Crippen LogP contribution in [0.1, 0.15) is 30.0 Å². The monoisotopic (exact) mass is 358 g/mol. The number of amides is 1. The Balaban J connectivity index is 1.92. The number of nitrogens with one attached hydrogen (secondary N) is 1. The molecule has 1 aliphatic rings. The largest absolute Gasteiger partial charge is 0.312 e. The summed E-state index contributed by atoms with van der Waals surface area (Å²) in [6.45, 7) is 6.27. The summed E-state index contributed by atoms with van der Waals surface area (Å²) in [7, 11) is -3.67. The quantitative estimate of drug-likeness (QED) is 0.911. The van der Waals surface area contributed by atoms with Gasteiger partial charge in [-0.1, -0.05) is 19.1 Å². The van der Waals surface area contributed by atoms with Crippen molar-refractivity contribution in [1.29, 1.82) is 0 Å². The van der Waals surface area contributed by atoms with Crippen LogP contribution in [0.4, 0.5) is 11.4 Å². The molecule has 0 saturated heterocycles. The Morgan fingerprint density at radius 2 is 1.96 bits per heavy atom. The second-order valence-electron chi connectivity index (χ2n) is 6.29. The zero-order valence-corrected chi connectivity index (χ0v) is 15.5. The Morgan fingerprint density at radius 3 is 2.68 bits per heavy atom. The Kier molecular flexibility index (Phi) is 4.56. The van der Waals surface area contributed by atoms with E-state index in [0.717, 1.165) is 22.4 Å². The summed E-state index contributed by atoms with van der Waals surface area (Å²) in [5.74, 6) is 0.0582. The first-order valence-electron chi connectivity index (χ1n) is 8.36. The van der Waals surface area contributed by atoms with Gasteiger partial charge in [0, 0.05) is 18.7 Å². The number of hydrogen-bond donors (Lipinski definition) is 1. The number of aryl methyl sites for hydroxylation is 1. The van der Waals surface area contributed by atoms with E-state index in [1.807, 2.05) is 32.9 Å². The average Bonchev–Trinajstić information content (AvgIpc) is 3.01. The van der Waals surface area contributed by atoms with Crippen molar-refractivity contribution >= 4 is 27.3 Å². The van der Waals surface area contributed by atoms with Crippen LogP contribution in [0.15, 0.2) is 41.3 Å². The van der Waals surface area contributed by atoms with Gasteiger partial charge in [0.1, 0.15) is 0 Å². The van der Waals surface area contributed by atoms with Crippen molar-refractivity contribution in [3.8, 4) is 0 Å². The number of rotatable bonds is 4. The second-order valence-corrected chi connectivity index (χ2v) is 7.97. The van der Waals surface area contributed by atoms with Crippen molar-refractivity contribution in [1.82, 2.24) is 0 Å². The molecule has 6 heteroatoms. The molecule has 2 aromatic rings. The van der Waals surface area contributed by atoms with Crippen LogP contribution >= 0.6 is 0 Å². The molecule has 0 fully saturated rings. The minimum Gasteiger partial charge on any atom is -0.312 e. The minimum absolute atomic E-state index is 0.0582. The van der Waals surface area contributed by atoms with E-state index in [9.17, 15) is 13.2 Å². The van der Waals surface area contributed by atoms with Gasteiger partial charge in [0.15, 0.2) is 0 Å². The molecular weight excluding hydrogens is 336 g/mol. The van der Waals surface area contributed by atoms with Gasteiger partial charge < -0.3 is 4.90 Å². The SMILES string of the molecule is CCC(=O)N1CCc2cc(S(=O)(=O)Nc3cccc(C)c3C)ccc21. The molecule has 0 aliphatic carbocycles. The molecule has 0 bridgehead atoms. The van der Waals surface area contributed by atoms with Gasteiger partial charge >= 0.3 is 0 Å². The minimum atomic E-state index is -3.67. The molecule has 5 nitrogen and oxygen atoms in total. The van der Waals surface area contributed by atoms with Gasteiger partial charge in [0.05, 0.1) is 10.6 Å². The Bertz CT molecular complexity index is 936. The number of hydrogen-bond acceptors (Lipinski definition) is 3. The highest BCUT2D eigenvalue weighted by Crippen LogP contribution is 2.31. The maximum atomic E-state index is 12.7. The summed E-state index contributed by atoms with van der Waals surface area (Å²) >= 11 is 0. The van der Waals surface area contributed by atoms with E-state index in [-0.39, 0.29) is 10.8 Å². The second kappa shape index (κ2) is 6.52. The van der Waals surface area contributed by atoms with Crippen molar-refractivity contribution < 1.29 is 13.2 Å². The number of nitrogens with zero attached hydrogens (tertiary/aromatic N) is 1. The Morgan fingerprint density at radius 1 is 1.20 bits per heavy atom. The third-order valence-electron chi connectivity index (χ3n) is 4.71. The lowest BCUT2D eigenvalue weighted by Gasteiger charge is -2.17. The topological polar surface area (TPSA) is 66.5 Å². The average molecular weight is 358 g/mol. The fraction of sp³-hybridized carbons (Fsp3) is 0.316. The summed E-state index contributed by atoms with van der Waals surface area (Å²) in [6, 6.07) is 10.5. The van der Waals surface area contributed by atoms with Gasteiger partial charge in [-0.2, -0.15) is 0 Å². The van der Waals surface area contributed by atoms with Crippen molar-refractivity contribution in [2.45, 2.75) is 38.5 Å². The predicted molar refractivity (Wildman–Crippen MR) is 99.5 cm³/mol. The summed E-state index contributed by atoms with van der Waals surface area (Å²) < 4.78 is 28.2. The van der Waals surface area contributed by atoms with E-state index in [2.05, 4.69) is 4.72 Å². The highest BCUT2D eigenvalue weighted by atomic mass is 32.2. The van der Waals surface area contributed by atoms with Crippen LogP contribution in [0, 0.1) is 13.8 Å². The lowest BCUT2D eigenvalue weighted by Crippen LogP contribution is -2.27. The van der Waals surface area contributed by atoms with Gasteiger partial charge in [0.25, 0.3) is 10.0 Å². The van der Waals surface area contributed by atoms with E-state index >= 15 is 0 Å². The molecule has 0 unspecified atom stereocenters. The summed E-state index contributed by atoms with van der Waals surface area (Å²) in [4.78, 5) is 13.9. The summed E-state index contributed by atoms with van der Waals surface area (Å²) in [5, 5.41) is 0. The lowest BCUT2D eigenvalue weighted by molar-refractivity contribution is -0.118. The normalized spacial score (nSPS) is 13.6. The first kappa shape index (κ1) is 17.5. The third kappa shape index (κ3) is 3.26.